The van der Waals surface area contributed by atoms with Crippen LogP contribution in [-0.2, 0) is 9.53 Å². The van der Waals surface area contributed by atoms with E-state index in [0.717, 1.165) is 0 Å². The molecule has 0 radical (unpaired) electrons. The predicted molar refractivity (Wildman–Crippen MR) is 93.9 cm³/mol. The third-order valence-electron chi connectivity index (χ3n) is 3.43. The summed E-state index contributed by atoms with van der Waals surface area (Å²) < 4.78 is 16.2. The summed E-state index contributed by atoms with van der Waals surface area (Å²) in [6, 6.07) is 10.1. The Hall–Kier alpha value is -2.51. The standard InChI is InChI=1S/C17H14Cl2N2O5/c18-11-5-6-14(19)21-16(11)17(23)25-9-15(22)20-7-10-8-24-12-3-1-2-4-13(12)26-10/h1-6,10H,7-9H2,(H,20,22)/t10-/m1/s1. The number of hydrogen-bond donors (Lipinski definition) is 1. The van der Waals surface area contributed by atoms with Crippen LogP contribution in [0.25, 0.3) is 0 Å². The van der Waals surface area contributed by atoms with Gasteiger partial charge in [-0.3, -0.25) is 4.79 Å². The van der Waals surface area contributed by atoms with Crippen LogP contribution in [0.1, 0.15) is 10.5 Å². The van der Waals surface area contributed by atoms with Gasteiger partial charge in [-0.05, 0) is 24.3 Å². The summed E-state index contributed by atoms with van der Waals surface area (Å²) in [7, 11) is 0. The average Bonchev–Trinajstić information content (AvgIpc) is 2.66. The summed E-state index contributed by atoms with van der Waals surface area (Å²) in [6.45, 7) is 0.0353. The van der Waals surface area contributed by atoms with E-state index in [1.54, 1.807) is 12.1 Å². The highest BCUT2D eigenvalue weighted by Gasteiger charge is 2.21. The number of halogens is 2. The van der Waals surface area contributed by atoms with Crippen LogP contribution >= 0.6 is 23.2 Å². The zero-order valence-electron chi connectivity index (χ0n) is 13.4. The van der Waals surface area contributed by atoms with Crippen LogP contribution in [0.5, 0.6) is 11.5 Å². The van der Waals surface area contributed by atoms with Gasteiger partial charge in [0.2, 0.25) is 0 Å². The minimum absolute atomic E-state index is 0.0891. The lowest BCUT2D eigenvalue weighted by Crippen LogP contribution is -2.42. The first-order valence-corrected chi connectivity index (χ1v) is 8.43. The highest BCUT2D eigenvalue weighted by Crippen LogP contribution is 2.30. The normalized spacial score (nSPS) is 15.2. The molecule has 0 fully saturated rings. The minimum Gasteiger partial charge on any atom is -0.486 e. The van der Waals surface area contributed by atoms with Crippen molar-refractivity contribution in [2.45, 2.75) is 6.10 Å². The number of para-hydroxylation sites is 2. The summed E-state index contributed by atoms with van der Waals surface area (Å²) in [4.78, 5) is 27.5. The average molecular weight is 397 g/mol. The highest BCUT2D eigenvalue weighted by molar-refractivity contribution is 6.34. The van der Waals surface area contributed by atoms with Crippen molar-refractivity contribution in [1.29, 1.82) is 0 Å². The number of nitrogens with zero attached hydrogens (tertiary/aromatic N) is 1. The Balaban J connectivity index is 1.45. The smallest absolute Gasteiger partial charge is 0.359 e. The minimum atomic E-state index is -0.834. The predicted octanol–water partition coefficient (Wildman–Crippen LogP) is 2.50. The lowest BCUT2D eigenvalue weighted by molar-refractivity contribution is -0.124. The van der Waals surface area contributed by atoms with Crippen LogP contribution in [0, 0.1) is 0 Å². The van der Waals surface area contributed by atoms with Crippen molar-refractivity contribution in [2.24, 2.45) is 0 Å². The van der Waals surface area contributed by atoms with Gasteiger partial charge in [0.05, 0.1) is 11.6 Å². The zero-order chi connectivity index (χ0) is 18.5. The van der Waals surface area contributed by atoms with E-state index in [2.05, 4.69) is 10.3 Å². The van der Waals surface area contributed by atoms with Crippen molar-refractivity contribution >= 4 is 35.1 Å². The third-order valence-corrected chi connectivity index (χ3v) is 3.95. The summed E-state index contributed by atoms with van der Waals surface area (Å²) in [5, 5.41) is 2.80. The number of carbonyl (C=O) groups is 2. The molecule has 1 aromatic carbocycles. The maximum absolute atomic E-state index is 11.9. The SMILES string of the molecule is O=C(COC(=O)c1nc(Cl)ccc1Cl)NC[C@@H]1COc2ccccc2O1. The molecule has 1 N–H and O–H groups in total. The fourth-order valence-electron chi connectivity index (χ4n) is 2.20. The first-order valence-electron chi connectivity index (χ1n) is 7.67. The molecule has 26 heavy (non-hydrogen) atoms. The van der Waals surface area contributed by atoms with Crippen LogP contribution in [0.2, 0.25) is 10.2 Å². The van der Waals surface area contributed by atoms with E-state index < -0.39 is 18.5 Å². The summed E-state index contributed by atoms with van der Waals surface area (Å²) in [6.07, 6.45) is -0.339. The van der Waals surface area contributed by atoms with Crippen molar-refractivity contribution in [3.63, 3.8) is 0 Å². The molecule has 2 aromatic rings. The molecule has 1 aliphatic rings. The van der Waals surface area contributed by atoms with Crippen LogP contribution in [0.4, 0.5) is 0 Å². The number of hydrogen-bond acceptors (Lipinski definition) is 6. The molecule has 1 aliphatic heterocycles. The van der Waals surface area contributed by atoms with Gasteiger partial charge in [-0.25, -0.2) is 9.78 Å². The second-order valence-corrected chi connectivity index (χ2v) is 6.14. The van der Waals surface area contributed by atoms with Crippen LogP contribution in [0.3, 0.4) is 0 Å². The van der Waals surface area contributed by atoms with Gasteiger partial charge in [0.25, 0.3) is 5.91 Å². The molecule has 0 saturated heterocycles. The Morgan fingerprint density at radius 2 is 1.96 bits per heavy atom. The summed E-state index contributed by atoms with van der Waals surface area (Å²) in [5.41, 5.74) is -0.146. The highest BCUT2D eigenvalue weighted by atomic mass is 35.5. The third kappa shape index (κ3) is 4.56. The van der Waals surface area contributed by atoms with E-state index in [-0.39, 0.29) is 28.5 Å². The van der Waals surface area contributed by atoms with Crippen molar-refractivity contribution in [2.75, 3.05) is 19.8 Å². The first-order chi connectivity index (χ1) is 12.5. The molecule has 3 rings (SSSR count). The van der Waals surface area contributed by atoms with Crippen LogP contribution in [0.15, 0.2) is 36.4 Å². The number of amides is 1. The van der Waals surface area contributed by atoms with Crippen molar-refractivity contribution in [1.82, 2.24) is 10.3 Å². The Morgan fingerprint density at radius 3 is 2.77 bits per heavy atom. The number of carbonyl (C=O) groups excluding carboxylic acids is 2. The number of benzene rings is 1. The maximum atomic E-state index is 11.9. The van der Waals surface area contributed by atoms with Crippen molar-refractivity contribution < 1.29 is 23.8 Å². The van der Waals surface area contributed by atoms with Crippen molar-refractivity contribution in [3.8, 4) is 11.5 Å². The molecule has 0 aliphatic carbocycles. The van der Waals surface area contributed by atoms with Crippen LogP contribution < -0.4 is 14.8 Å². The number of pyridine rings is 1. The monoisotopic (exact) mass is 396 g/mol. The largest absolute Gasteiger partial charge is 0.486 e. The van der Waals surface area contributed by atoms with Gasteiger partial charge in [-0.15, -0.1) is 0 Å². The molecule has 0 spiro atoms. The molecule has 0 bridgehead atoms. The molecule has 136 valence electrons. The first kappa shape index (κ1) is 18.3. The second kappa shape index (κ2) is 8.25. The zero-order valence-corrected chi connectivity index (χ0v) is 14.9. The van der Waals surface area contributed by atoms with Gasteiger partial charge in [-0.2, -0.15) is 0 Å². The Bertz CT molecular complexity index is 831. The van der Waals surface area contributed by atoms with Gasteiger partial charge in [0, 0.05) is 0 Å². The summed E-state index contributed by atoms with van der Waals surface area (Å²) in [5.74, 6) is -0.0428. The Morgan fingerprint density at radius 1 is 1.19 bits per heavy atom. The van der Waals surface area contributed by atoms with Gasteiger partial charge in [-0.1, -0.05) is 35.3 Å². The lowest BCUT2D eigenvalue weighted by atomic mass is 10.2. The molecular weight excluding hydrogens is 383 g/mol. The van der Waals surface area contributed by atoms with Gasteiger partial charge in [0.15, 0.2) is 23.8 Å². The van der Waals surface area contributed by atoms with E-state index in [9.17, 15) is 9.59 Å². The molecule has 9 heteroatoms. The Labute approximate surface area is 159 Å². The Kier molecular flexibility index (Phi) is 5.80. The molecular formula is C17H14Cl2N2O5. The molecule has 0 unspecified atom stereocenters. The number of fused-ring (bicyclic) bond motifs is 1. The topological polar surface area (TPSA) is 86.8 Å². The number of rotatable bonds is 5. The van der Waals surface area contributed by atoms with Crippen molar-refractivity contribution in [3.05, 3.63) is 52.3 Å². The van der Waals surface area contributed by atoms with E-state index in [0.29, 0.717) is 18.1 Å². The van der Waals surface area contributed by atoms with E-state index >= 15 is 0 Å². The number of nitrogens with one attached hydrogen (secondary N) is 1. The molecule has 1 atom stereocenters. The molecule has 0 saturated carbocycles. The van der Waals surface area contributed by atoms with E-state index in [1.807, 2.05) is 12.1 Å². The molecule has 1 aromatic heterocycles. The fourth-order valence-corrected chi connectivity index (χ4v) is 2.53. The number of esters is 1. The van der Waals surface area contributed by atoms with E-state index in [1.165, 1.54) is 12.1 Å². The molecule has 2 heterocycles. The lowest BCUT2D eigenvalue weighted by Gasteiger charge is -2.26. The van der Waals surface area contributed by atoms with E-state index in [4.69, 9.17) is 37.4 Å². The number of aromatic nitrogens is 1. The molecule has 7 nitrogen and oxygen atoms in total. The summed E-state index contributed by atoms with van der Waals surface area (Å²) >= 11 is 11.6. The van der Waals surface area contributed by atoms with Gasteiger partial charge >= 0.3 is 5.97 Å². The van der Waals surface area contributed by atoms with Crippen LogP contribution in [-0.4, -0.2) is 42.7 Å². The van der Waals surface area contributed by atoms with Gasteiger partial charge in [0.1, 0.15) is 17.9 Å². The van der Waals surface area contributed by atoms with Gasteiger partial charge < -0.3 is 19.5 Å². The second-order valence-electron chi connectivity index (χ2n) is 5.34. The number of ether oxygens (including phenoxy) is 3. The maximum Gasteiger partial charge on any atom is 0.359 e. The molecule has 1 amide bonds. The fraction of sp³-hybridized carbons (Fsp3) is 0.235. The quantitative estimate of drug-likeness (QED) is 0.617.